The number of rotatable bonds is 5. The molecule has 0 unspecified atom stereocenters. The first-order valence-corrected chi connectivity index (χ1v) is 13.3. The molecule has 1 aliphatic rings. The van der Waals surface area contributed by atoms with Gasteiger partial charge < -0.3 is 14.9 Å². The summed E-state index contributed by atoms with van der Waals surface area (Å²) in [7, 11) is 0. The van der Waals surface area contributed by atoms with Gasteiger partial charge in [0.15, 0.2) is 11.6 Å². The number of aromatic amines is 2. The lowest BCUT2D eigenvalue weighted by molar-refractivity contribution is -0.120. The Morgan fingerprint density at radius 1 is 1.07 bits per heavy atom. The topological polar surface area (TPSA) is 130 Å². The number of para-hydroxylation sites is 1. The lowest BCUT2D eigenvalue weighted by Gasteiger charge is -2.20. The van der Waals surface area contributed by atoms with Gasteiger partial charge in [0.05, 0.1) is 52.2 Å². The summed E-state index contributed by atoms with van der Waals surface area (Å²) in [6, 6.07) is 7.49. The SMILES string of the molecule is Cc1cn(-c2cccc3[nH]c(-c4n[nH]c5cnc(-c6cncc(NC(=O)C7CCCCC7)c6)c(F)c45)nc23)cn1. The number of carbonyl (C=O) groups excluding carboxylic acids is 1. The summed E-state index contributed by atoms with van der Waals surface area (Å²) < 4.78 is 18.0. The number of nitrogens with zero attached hydrogens (tertiary/aromatic N) is 6. The molecule has 1 fully saturated rings. The number of benzene rings is 1. The van der Waals surface area contributed by atoms with E-state index in [1.54, 1.807) is 24.8 Å². The fourth-order valence-corrected chi connectivity index (χ4v) is 5.49. The number of aromatic nitrogens is 8. The molecule has 3 N–H and O–H groups in total. The highest BCUT2D eigenvalue weighted by Gasteiger charge is 2.23. The van der Waals surface area contributed by atoms with Crippen molar-refractivity contribution in [2.75, 3.05) is 5.32 Å². The van der Waals surface area contributed by atoms with E-state index in [0.717, 1.165) is 42.6 Å². The Morgan fingerprint density at radius 2 is 1.95 bits per heavy atom. The lowest BCUT2D eigenvalue weighted by atomic mass is 9.88. The largest absolute Gasteiger partial charge is 0.336 e. The van der Waals surface area contributed by atoms with Crippen molar-refractivity contribution >= 4 is 33.5 Å². The molecular weight excluding hydrogens is 509 g/mol. The van der Waals surface area contributed by atoms with Crippen LogP contribution in [0.5, 0.6) is 0 Å². The van der Waals surface area contributed by atoms with Crippen LogP contribution < -0.4 is 5.32 Å². The average molecular weight is 536 g/mol. The minimum Gasteiger partial charge on any atom is -0.336 e. The van der Waals surface area contributed by atoms with E-state index in [-0.39, 0.29) is 22.9 Å². The van der Waals surface area contributed by atoms with Crippen molar-refractivity contribution in [3.05, 3.63) is 66.9 Å². The van der Waals surface area contributed by atoms with E-state index in [4.69, 9.17) is 4.98 Å². The third-order valence-corrected chi connectivity index (χ3v) is 7.51. The number of halogens is 1. The van der Waals surface area contributed by atoms with Gasteiger partial charge in [-0.15, -0.1) is 0 Å². The summed E-state index contributed by atoms with van der Waals surface area (Å²) in [6.45, 7) is 1.92. The van der Waals surface area contributed by atoms with Gasteiger partial charge in [0.2, 0.25) is 5.91 Å². The highest BCUT2D eigenvalue weighted by Crippen LogP contribution is 2.34. The second-order valence-corrected chi connectivity index (χ2v) is 10.2. The molecule has 0 aliphatic heterocycles. The van der Waals surface area contributed by atoms with E-state index in [1.807, 2.05) is 35.9 Å². The standard InChI is InChI=1S/C29H26FN9O/c1-16-14-39(15-33-16)22-9-5-8-20-26(22)36-28(35-20)27-23-21(37-38-27)13-32-25(24(23)30)18-10-19(12-31-11-18)34-29(40)17-6-3-2-4-7-17/h5,8-15,17H,2-4,6-7H2,1H3,(H,34,40)(H,35,36)(H,37,38). The first kappa shape index (κ1) is 24.1. The van der Waals surface area contributed by atoms with Crippen molar-refractivity contribution in [2.45, 2.75) is 39.0 Å². The maximum absolute atomic E-state index is 16.1. The van der Waals surface area contributed by atoms with Gasteiger partial charge in [-0.05, 0) is 38.0 Å². The lowest BCUT2D eigenvalue weighted by Crippen LogP contribution is -2.24. The van der Waals surface area contributed by atoms with Crippen LogP contribution in [0.3, 0.4) is 0 Å². The molecule has 0 atom stereocenters. The zero-order valence-electron chi connectivity index (χ0n) is 21.8. The molecular formula is C29H26FN9O. The molecule has 1 aromatic carbocycles. The summed E-state index contributed by atoms with van der Waals surface area (Å²) in [5, 5.41) is 10.5. The van der Waals surface area contributed by atoms with E-state index < -0.39 is 5.82 Å². The summed E-state index contributed by atoms with van der Waals surface area (Å²) >= 11 is 0. The van der Waals surface area contributed by atoms with Crippen LogP contribution in [-0.4, -0.2) is 45.6 Å². The predicted octanol–water partition coefficient (Wildman–Crippen LogP) is 5.72. The molecule has 5 aromatic heterocycles. The zero-order valence-corrected chi connectivity index (χ0v) is 21.8. The average Bonchev–Trinajstić information content (AvgIpc) is 3.72. The minimum atomic E-state index is -0.551. The molecule has 0 spiro atoms. The maximum Gasteiger partial charge on any atom is 0.227 e. The fraction of sp³-hybridized carbons (Fsp3) is 0.241. The monoisotopic (exact) mass is 535 g/mol. The highest BCUT2D eigenvalue weighted by atomic mass is 19.1. The highest BCUT2D eigenvalue weighted by molar-refractivity contribution is 5.97. The number of aryl methyl sites for hydroxylation is 1. The molecule has 40 heavy (non-hydrogen) atoms. The normalized spacial score (nSPS) is 14.2. The minimum absolute atomic E-state index is 0.000712. The van der Waals surface area contributed by atoms with E-state index in [9.17, 15) is 4.79 Å². The Morgan fingerprint density at radius 3 is 2.77 bits per heavy atom. The summed E-state index contributed by atoms with van der Waals surface area (Å²) in [5.41, 5.74) is 5.11. The van der Waals surface area contributed by atoms with Gasteiger partial charge in [0.25, 0.3) is 0 Å². The summed E-state index contributed by atoms with van der Waals surface area (Å²) in [6.07, 6.45) is 13.4. The number of anilines is 1. The van der Waals surface area contributed by atoms with Crippen molar-refractivity contribution < 1.29 is 9.18 Å². The van der Waals surface area contributed by atoms with Crippen LogP contribution >= 0.6 is 0 Å². The zero-order chi connectivity index (χ0) is 27.2. The molecule has 0 radical (unpaired) electrons. The van der Waals surface area contributed by atoms with Crippen LogP contribution in [0.4, 0.5) is 10.1 Å². The smallest absolute Gasteiger partial charge is 0.227 e. The van der Waals surface area contributed by atoms with E-state index >= 15 is 4.39 Å². The molecule has 6 aromatic rings. The maximum atomic E-state index is 16.1. The Labute approximate surface area is 228 Å². The van der Waals surface area contributed by atoms with Gasteiger partial charge >= 0.3 is 0 Å². The third-order valence-electron chi connectivity index (χ3n) is 7.51. The molecule has 11 heteroatoms. The van der Waals surface area contributed by atoms with Crippen LogP contribution in [0.2, 0.25) is 0 Å². The Hall–Kier alpha value is -4.93. The molecule has 1 aliphatic carbocycles. The van der Waals surface area contributed by atoms with Gasteiger partial charge in [-0.1, -0.05) is 25.3 Å². The Balaban J connectivity index is 1.26. The third kappa shape index (κ3) is 4.19. The van der Waals surface area contributed by atoms with Crippen LogP contribution in [0.1, 0.15) is 37.8 Å². The molecule has 1 amide bonds. The number of carbonyl (C=O) groups is 1. The van der Waals surface area contributed by atoms with E-state index in [2.05, 4.69) is 35.5 Å². The molecule has 1 saturated carbocycles. The number of amides is 1. The Kier molecular flexibility index (Phi) is 5.84. The van der Waals surface area contributed by atoms with Crippen molar-refractivity contribution in [1.29, 1.82) is 0 Å². The molecule has 10 nitrogen and oxygen atoms in total. The number of fused-ring (bicyclic) bond motifs is 2. The van der Waals surface area contributed by atoms with Crippen LogP contribution in [0.15, 0.2) is 55.4 Å². The number of hydrogen-bond donors (Lipinski definition) is 3. The molecule has 5 heterocycles. The number of hydrogen-bond acceptors (Lipinski definition) is 6. The van der Waals surface area contributed by atoms with Gasteiger partial charge in [-0.25, -0.2) is 14.4 Å². The van der Waals surface area contributed by atoms with Gasteiger partial charge in [0, 0.05) is 23.9 Å². The van der Waals surface area contributed by atoms with E-state index in [1.165, 1.54) is 12.6 Å². The van der Waals surface area contributed by atoms with Crippen LogP contribution in [-0.2, 0) is 4.79 Å². The van der Waals surface area contributed by atoms with Gasteiger partial charge in [-0.2, -0.15) is 5.10 Å². The quantitative estimate of drug-likeness (QED) is 0.259. The molecule has 0 saturated heterocycles. The van der Waals surface area contributed by atoms with Gasteiger partial charge in [0.1, 0.15) is 16.9 Å². The molecule has 0 bridgehead atoms. The first-order valence-electron chi connectivity index (χ1n) is 13.3. The second kappa shape index (κ2) is 9.67. The van der Waals surface area contributed by atoms with Crippen molar-refractivity contribution in [3.63, 3.8) is 0 Å². The fourth-order valence-electron chi connectivity index (χ4n) is 5.49. The number of pyridine rings is 2. The number of nitrogens with one attached hydrogen (secondary N) is 3. The summed E-state index contributed by atoms with van der Waals surface area (Å²) in [4.78, 5) is 33.7. The van der Waals surface area contributed by atoms with Crippen molar-refractivity contribution in [1.82, 2.24) is 39.7 Å². The van der Waals surface area contributed by atoms with Crippen LogP contribution in [0.25, 0.3) is 50.4 Å². The van der Waals surface area contributed by atoms with Crippen LogP contribution in [0, 0.1) is 18.7 Å². The molecule has 7 rings (SSSR count). The van der Waals surface area contributed by atoms with Crippen molar-refractivity contribution in [2.24, 2.45) is 5.92 Å². The molecule has 200 valence electrons. The number of imidazole rings is 2. The van der Waals surface area contributed by atoms with Gasteiger partial charge in [-0.3, -0.25) is 19.9 Å². The predicted molar refractivity (Wildman–Crippen MR) is 149 cm³/mol. The first-order chi connectivity index (χ1) is 19.5. The number of H-pyrrole nitrogens is 2. The van der Waals surface area contributed by atoms with Crippen molar-refractivity contribution in [3.8, 4) is 28.5 Å². The van der Waals surface area contributed by atoms with E-state index in [0.29, 0.717) is 33.8 Å². The second-order valence-electron chi connectivity index (χ2n) is 10.2. The Bertz CT molecular complexity index is 1880. The summed E-state index contributed by atoms with van der Waals surface area (Å²) in [5.74, 6) is -0.146.